The first kappa shape index (κ1) is 24.6. The Labute approximate surface area is 202 Å². The van der Waals surface area contributed by atoms with E-state index in [9.17, 15) is 22.8 Å². The second-order valence-electron chi connectivity index (χ2n) is 8.44. The fourth-order valence-corrected chi connectivity index (χ4v) is 4.38. The van der Waals surface area contributed by atoms with Gasteiger partial charge >= 0.3 is 6.36 Å². The Bertz CT molecular complexity index is 1270. The molecule has 0 aliphatic heterocycles. The third-order valence-electron chi connectivity index (χ3n) is 5.24. The van der Waals surface area contributed by atoms with Crippen molar-refractivity contribution in [2.75, 3.05) is 14.1 Å². The molecule has 1 atom stereocenters. The topological polar surface area (TPSA) is 102 Å². The number of amides is 2. The van der Waals surface area contributed by atoms with Crippen molar-refractivity contribution in [1.29, 1.82) is 0 Å². The maximum atomic E-state index is 13.0. The lowest BCUT2D eigenvalue weighted by Gasteiger charge is -2.16. The Morgan fingerprint density at radius 2 is 1.97 bits per heavy atom. The minimum atomic E-state index is -4.86. The van der Waals surface area contributed by atoms with Crippen LogP contribution in [0.4, 0.5) is 13.2 Å². The Morgan fingerprint density at radius 3 is 2.60 bits per heavy atom. The number of halogens is 3. The standard InChI is InChI=1S/C22H23F3N6O3S/c1-11(18-28-12(2)29-31(18)21-26-10-17(35-21)20(33)30(3)4)27-19(32)15-7-14(13-5-6-13)8-16(9-15)34-22(23,24)25/h7-11,13H,5-6H2,1-4H3,(H,27,32)/t11-/m0/s1. The zero-order chi connectivity index (χ0) is 25.5. The first-order valence-corrected chi connectivity index (χ1v) is 11.6. The van der Waals surface area contributed by atoms with E-state index < -0.39 is 24.1 Å². The molecule has 9 nitrogen and oxygen atoms in total. The van der Waals surface area contributed by atoms with Crippen LogP contribution in [0.5, 0.6) is 5.75 Å². The molecule has 1 aliphatic carbocycles. The van der Waals surface area contributed by atoms with Crippen LogP contribution in [0.1, 0.15) is 69.0 Å². The number of rotatable bonds is 7. The van der Waals surface area contributed by atoms with Gasteiger partial charge in [0.25, 0.3) is 11.8 Å². The molecule has 1 fully saturated rings. The zero-order valence-electron chi connectivity index (χ0n) is 19.4. The van der Waals surface area contributed by atoms with E-state index in [1.54, 1.807) is 34.0 Å². The van der Waals surface area contributed by atoms with E-state index >= 15 is 0 Å². The molecule has 1 saturated carbocycles. The summed E-state index contributed by atoms with van der Waals surface area (Å²) in [6, 6.07) is 3.30. The second-order valence-corrected chi connectivity index (χ2v) is 9.45. The predicted molar refractivity (Wildman–Crippen MR) is 121 cm³/mol. The highest BCUT2D eigenvalue weighted by atomic mass is 32.1. The van der Waals surface area contributed by atoms with Gasteiger partial charge in [0.1, 0.15) is 16.5 Å². The summed E-state index contributed by atoms with van der Waals surface area (Å²) in [5.41, 5.74) is 0.681. The molecule has 0 saturated heterocycles. The van der Waals surface area contributed by atoms with Gasteiger partial charge in [-0.25, -0.2) is 9.97 Å². The number of nitrogens with zero attached hydrogens (tertiary/aromatic N) is 5. The van der Waals surface area contributed by atoms with E-state index in [1.807, 2.05) is 0 Å². The number of carbonyl (C=O) groups is 2. The van der Waals surface area contributed by atoms with Gasteiger partial charge in [-0.05, 0) is 56.4 Å². The summed E-state index contributed by atoms with van der Waals surface area (Å²) in [5.74, 6) is -0.319. The fraction of sp³-hybridized carbons (Fsp3) is 0.409. The summed E-state index contributed by atoms with van der Waals surface area (Å²) in [6.45, 7) is 3.35. The molecule has 35 heavy (non-hydrogen) atoms. The van der Waals surface area contributed by atoms with Crippen molar-refractivity contribution in [3.8, 4) is 10.9 Å². The number of hydrogen-bond acceptors (Lipinski definition) is 7. The lowest BCUT2D eigenvalue weighted by molar-refractivity contribution is -0.274. The van der Waals surface area contributed by atoms with Crippen LogP contribution in [0.15, 0.2) is 24.4 Å². The molecule has 186 valence electrons. The van der Waals surface area contributed by atoms with Crippen molar-refractivity contribution in [3.63, 3.8) is 0 Å². The molecule has 2 heterocycles. The smallest absolute Gasteiger partial charge is 0.406 e. The van der Waals surface area contributed by atoms with E-state index in [0.717, 1.165) is 30.2 Å². The van der Waals surface area contributed by atoms with Crippen molar-refractivity contribution in [2.45, 2.75) is 45.0 Å². The zero-order valence-corrected chi connectivity index (χ0v) is 20.2. The number of carbonyl (C=O) groups excluding carboxylic acids is 2. The molecule has 0 bridgehead atoms. The normalized spacial score (nSPS) is 14.5. The van der Waals surface area contributed by atoms with Crippen LogP contribution in [0, 0.1) is 6.92 Å². The van der Waals surface area contributed by atoms with E-state index in [0.29, 0.717) is 27.2 Å². The van der Waals surface area contributed by atoms with Crippen LogP contribution in [0.3, 0.4) is 0 Å². The van der Waals surface area contributed by atoms with E-state index in [-0.39, 0.29) is 17.4 Å². The Balaban J connectivity index is 1.58. The average molecular weight is 509 g/mol. The summed E-state index contributed by atoms with van der Waals surface area (Å²) in [6.07, 6.45) is -1.72. The fourth-order valence-electron chi connectivity index (χ4n) is 3.48. The average Bonchev–Trinajstić information content (AvgIpc) is 3.37. The number of hydrogen-bond donors (Lipinski definition) is 1. The number of aryl methyl sites for hydroxylation is 1. The van der Waals surface area contributed by atoms with Gasteiger partial charge < -0.3 is 15.0 Å². The Morgan fingerprint density at radius 1 is 1.26 bits per heavy atom. The van der Waals surface area contributed by atoms with Gasteiger partial charge in [-0.1, -0.05) is 11.3 Å². The van der Waals surface area contributed by atoms with E-state index in [4.69, 9.17) is 0 Å². The molecular weight excluding hydrogens is 485 g/mol. The van der Waals surface area contributed by atoms with Crippen LogP contribution in [-0.4, -0.2) is 56.9 Å². The number of aromatic nitrogens is 4. The maximum absolute atomic E-state index is 13.0. The highest BCUT2D eigenvalue weighted by Crippen LogP contribution is 2.42. The van der Waals surface area contributed by atoms with Gasteiger partial charge in [-0.15, -0.1) is 18.3 Å². The largest absolute Gasteiger partial charge is 0.573 e. The number of thiazole rings is 1. The number of benzene rings is 1. The lowest BCUT2D eigenvalue weighted by Crippen LogP contribution is -2.29. The lowest BCUT2D eigenvalue weighted by atomic mass is 10.1. The molecule has 13 heteroatoms. The van der Waals surface area contributed by atoms with Crippen LogP contribution < -0.4 is 10.1 Å². The van der Waals surface area contributed by atoms with Gasteiger partial charge in [0.15, 0.2) is 5.82 Å². The molecule has 1 aliphatic rings. The maximum Gasteiger partial charge on any atom is 0.573 e. The highest BCUT2D eigenvalue weighted by molar-refractivity contribution is 7.16. The molecule has 1 aromatic carbocycles. The van der Waals surface area contributed by atoms with Crippen LogP contribution in [0.2, 0.25) is 0 Å². The van der Waals surface area contributed by atoms with Crippen LogP contribution >= 0.6 is 11.3 Å². The first-order chi connectivity index (χ1) is 16.4. The van der Waals surface area contributed by atoms with Crippen LogP contribution in [0.25, 0.3) is 5.13 Å². The van der Waals surface area contributed by atoms with E-state index in [2.05, 4.69) is 25.1 Å². The molecule has 0 radical (unpaired) electrons. The molecule has 4 rings (SSSR count). The second kappa shape index (κ2) is 9.29. The molecule has 2 amide bonds. The van der Waals surface area contributed by atoms with Crippen molar-refractivity contribution < 1.29 is 27.5 Å². The quantitative estimate of drug-likeness (QED) is 0.518. The Kier molecular flexibility index (Phi) is 6.54. The van der Waals surface area contributed by atoms with Gasteiger partial charge in [0.2, 0.25) is 5.13 Å². The van der Waals surface area contributed by atoms with E-state index in [1.165, 1.54) is 21.8 Å². The minimum absolute atomic E-state index is 0.0522. The monoisotopic (exact) mass is 508 g/mol. The molecular formula is C22H23F3N6O3S. The summed E-state index contributed by atoms with van der Waals surface area (Å²) in [4.78, 5) is 35.7. The number of ether oxygens (including phenoxy) is 1. The van der Waals surface area contributed by atoms with Gasteiger partial charge in [-0.3, -0.25) is 9.59 Å². The predicted octanol–water partition coefficient (Wildman–Crippen LogP) is 4.00. The first-order valence-electron chi connectivity index (χ1n) is 10.7. The third-order valence-corrected chi connectivity index (χ3v) is 6.20. The van der Waals surface area contributed by atoms with Crippen LogP contribution in [-0.2, 0) is 0 Å². The summed E-state index contributed by atoms with van der Waals surface area (Å²) >= 11 is 1.12. The van der Waals surface area contributed by atoms with Gasteiger partial charge in [0, 0.05) is 19.7 Å². The number of nitrogens with one attached hydrogen (secondary N) is 1. The summed E-state index contributed by atoms with van der Waals surface area (Å²) < 4.78 is 43.9. The highest BCUT2D eigenvalue weighted by Gasteiger charge is 2.33. The third kappa shape index (κ3) is 5.78. The minimum Gasteiger partial charge on any atom is -0.406 e. The van der Waals surface area contributed by atoms with Crippen molar-refractivity contribution in [2.24, 2.45) is 0 Å². The molecule has 3 aromatic rings. The summed E-state index contributed by atoms with van der Waals surface area (Å²) in [7, 11) is 3.27. The van der Waals surface area contributed by atoms with Crippen molar-refractivity contribution in [1.82, 2.24) is 30.0 Å². The molecule has 1 N–H and O–H groups in total. The summed E-state index contributed by atoms with van der Waals surface area (Å²) in [5, 5.41) is 7.49. The van der Waals surface area contributed by atoms with Crippen molar-refractivity contribution in [3.05, 3.63) is 52.0 Å². The van der Waals surface area contributed by atoms with Crippen molar-refractivity contribution >= 4 is 23.2 Å². The van der Waals surface area contributed by atoms with Gasteiger partial charge in [0.05, 0.1) is 12.2 Å². The molecule has 0 spiro atoms. The molecule has 0 unspecified atom stereocenters. The SMILES string of the molecule is Cc1nc([C@H](C)NC(=O)c2cc(OC(F)(F)F)cc(C3CC3)c2)n(-c2ncc(C(=O)N(C)C)s2)n1. The Hall–Kier alpha value is -3.48. The van der Waals surface area contributed by atoms with Gasteiger partial charge in [-0.2, -0.15) is 4.68 Å². The number of alkyl halides is 3. The molecule has 2 aromatic heterocycles.